The van der Waals surface area contributed by atoms with Crippen molar-refractivity contribution in [1.29, 1.82) is 0 Å². The fourth-order valence-electron chi connectivity index (χ4n) is 3.12. The summed E-state index contributed by atoms with van der Waals surface area (Å²) in [6.45, 7) is 0. The van der Waals surface area contributed by atoms with Gasteiger partial charge < -0.3 is 5.11 Å². The summed E-state index contributed by atoms with van der Waals surface area (Å²) in [5, 5.41) is 9.29. The molecule has 0 aromatic rings. The molecule has 2 fully saturated rings. The van der Waals surface area contributed by atoms with E-state index in [1.54, 1.807) is 0 Å². The molecule has 0 spiro atoms. The lowest BCUT2D eigenvalue weighted by Crippen LogP contribution is -2.37. The molecule has 2 aliphatic carbocycles. The van der Waals surface area contributed by atoms with E-state index in [2.05, 4.69) is 0 Å². The number of Topliss-reactive ketones (excluding diaryl/α,β-unsaturated/α-hetero) is 1. The Morgan fingerprint density at radius 2 is 2.00 bits per heavy atom. The molecule has 0 saturated heterocycles. The van der Waals surface area contributed by atoms with Gasteiger partial charge in [-0.05, 0) is 25.7 Å². The average molecular weight is 196 g/mol. The Morgan fingerprint density at radius 1 is 1.29 bits per heavy atom. The molecule has 0 aromatic heterocycles. The van der Waals surface area contributed by atoms with Gasteiger partial charge >= 0.3 is 5.97 Å². The Hall–Kier alpha value is -0.860. The minimum atomic E-state index is -0.741. The van der Waals surface area contributed by atoms with Crippen molar-refractivity contribution < 1.29 is 14.7 Å². The van der Waals surface area contributed by atoms with Crippen molar-refractivity contribution in [1.82, 2.24) is 0 Å². The minimum absolute atomic E-state index is 0.178. The molecule has 1 N–H and O–H groups in total. The first-order valence-electron chi connectivity index (χ1n) is 5.43. The van der Waals surface area contributed by atoms with Gasteiger partial charge in [0.05, 0.1) is 5.41 Å². The van der Waals surface area contributed by atoms with Crippen molar-refractivity contribution in [3.63, 3.8) is 0 Å². The molecule has 0 aliphatic heterocycles. The molecule has 78 valence electrons. The topological polar surface area (TPSA) is 54.4 Å². The fraction of sp³-hybridized carbons (Fsp3) is 0.818. The SMILES string of the molecule is O=C1CCCC[C@@]2(C(=O)O)CCC[C@@H]12. The van der Waals surface area contributed by atoms with Gasteiger partial charge in [-0.25, -0.2) is 0 Å². The standard InChI is InChI=1S/C11H16O3/c12-9-5-1-2-6-11(10(13)14)7-3-4-8(9)11/h8H,1-7H2,(H,13,14)/t8-,11+/m0/s1. The number of rotatable bonds is 1. The van der Waals surface area contributed by atoms with Gasteiger partial charge in [0.2, 0.25) is 0 Å². The highest BCUT2D eigenvalue weighted by Crippen LogP contribution is 2.49. The van der Waals surface area contributed by atoms with Gasteiger partial charge in [0.1, 0.15) is 5.78 Å². The quantitative estimate of drug-likeness (QED) is 0.697. The first-order valence-corrected chi connectivity index (χ1v) is 5.43. The van der Waals surface area contributed by atoms with Crippen molar-refractivity contribution >= 4 is 11.8 Å². The molecule has 0 aromatic carbocycles. The second kappa shape index (κ2) is 3.37. The van der Waals surface area contributed by atoms with Crippen LogP contribution in [0.4, 0.5) is 0 Å². The van der Waals surface area contributed by atoms with Crippen LogP contribution in [0.5, 0.6) is 0 Å². The van der Waals surface area contributed by atoms with Gasteiger partial charge in [0.15, 0.2) is 0 Å². The van der Waals surface area contributed by atoms with Crippen LogP contribution in [0.15, 0.2) is 0 Å². The highest BCUT2D eigenvalue weighted by Gasteiger charge is 2.52. The predicted octanol–water partition coefficient (Wildman–Crippen LogP) is 2.00. The summed E-state index contributed by atoms with van der Waals surface area (Å²) in [6, 6.07) is 0. The van der Waals surface area contributed by atoms with E-state index in [4.69, 9.17) is 0 Å². The van der Waals surface area contributed by atoms with Crippen LogP contribution in [-0.2, 0) is 9.59 Å². The summed E-state index contributed by atoms with van der Waals surface area (Å²) in [5.41, 5.74) is -0.687. The molecule has 0 amide bonds. The van der Waals surface area contributed by atoms with Gasteiger partial charge in [0.25, 0.3) is 0 Å². The second-order valence-electron chi connectivity index (χ2n) is 4.58. The molecule has 0 heterocycles. The number of carbonyl (C=O) groups is 2. The number of carboxylic acid groups (broad SMARTS) is 1. The van der Waals surface area contributed by atoms with Crippen molar-refractivity contribution in [2.45, 2.75) is 44.9 Å². The zero-order chi connectivity index (χ0) is 10.2. The number of fused-ring (bicyclic) bond motifs is 1. The summed E-state index contributed by atoms with van der Waals surface area (Å²) < 4.78 is 0. The fourth-order valence-corrected chi connectivity index (χ4v) is 3.12. The third-order valence-electron chi connectivity index (χ3n) is 3.89. The predicted molar refractivity (Wildman–Crippen MR) is 50.9 cm³/mol. The van der Waals surface area contributed by atoms with E-state index in [-0.39, 0.29) is 11.7 Å². The molecule has 14 heavy (non-hydrogen) atoms. The lowest BCUT2D eigenvalue weighted by Gasteiger charge is -2.28. The Bertz CT molecular complexity index is 272. The van der Waals surface area contributed by atoms with E-state index in [1.807, 2.05) is 0 Å². The number of aliphatic carboxylic acids is 1. The average Bonchev–Trinajstić information content (AvgIpc) is 2.51. The van der Waals surface area contributed by atoms with E-state index >= 15 is 0 Å². The number of ketones is 1. The van der Waals surface area contributed by atoms with E-state index < -0.39 is 11.4 Å². The zero-order valence-corrected chi connectivity index (χ0v) is 8.29. The molecule has 0 unspecified atom stereocenters. The Labute approximate surface area is 83.5 Å². The maximum Gasteiger partial charge on any atom is 0.310 e. The van der Waals surface area contributed by atoms with Crippen molar-refractivity contribution in [2.24, 2.45) is 11.3 Å². The van der Waals surface area contributed by atoms with E-state index in [1.165, 1.54) is 0 Å². The van der Waals surface area contributed by atoms with E-state index in [0.717, 1.165) is 25.7 Å². The van der Waals surface area contributed by atoms with Crippen LogP contribution in [0.1, 0.15) is 44.9 Å². The molecule has 3 heteroatoms. The second-order valence-corrected chi connectivity index (χ2v) is 4.58. The Balaban J connectivity index is 2.33. The summed E-state index contributed by atoms with van der Waals surface area (Å²) in [6.07, 6.45) is 5.49. The third-order valence-corrected chi connectivity index (χ3v) is 3.89. The van der Waals surface area contributed by atoms with Crippen molar-refractivity contribution in [3.05, 3.63) is 0 Å². The normalized spacial score (nSPS) is 37.7. The molecule has 3 nitrogen and oxygen atoms in total. The van der Waals surface area contributed by atoms with Crippen LogP contribution in [0.2, 0.25) is 0 Å². The molecule has 2 atom stereocenters. The first kappa shape index (κ1) is 9.69. The summed E-state index contributed by atoms with van der Waals surface area (Å²) >= 11 is 0. The summed E-state index contributed by atoms with van der Waals surface area (Å²) in [7, 11) is 0. The zero-order valence-electron chi connectivity index (χ0n) is 8.29. The number of carboxylic acids is 1. The maximum atomic E-state index is 11.7. The first-order chi connectivity index (χ1) is 6.67. The van der Waals surface area contributed by atoms with Crippen molar-refractivity contribution in [2.75, 3.05) is 0 Å². The highest BCUT2D eigenvalue weighted by molar-refractivity contribution is 5.89. The minimum Gasteiger partial charge on any atom is -0.481 e. The number of hydrogen-bond acceptors (Lipinski definition) is 2. The molecular formula is C11H16O3. The van der Waals surface area contributed by atoms with Crippen LogP contribution in [0, 0.1) is 11.3 Å². The lowest BCUT2D eigenvalue weighted by atomic mass is 9.74. The Morgan fingerprint density at radius 3 is 2.71 bits per heavy atom. The molecule has 2 saturated carbocycles. The molecular weight excluding hydrogens is 180 g/mol. The van der Waals surface area contributed by atoms with E-state index in [0.29, 0.717) is 19.3 Å². The number of carbonyl (C=O) groups excluding carboxylic acids is 1. The maximum absolute atomic E-state index is 11.7. The van der Waals surface area contributed by atoms with Gasteiger partial charge in [0, 0.05) is 12.3 Å². The van der Waals surface area contributed by atoms with Gasteiger partial charge in [-0.3, -0.25) is 9.59 Å². The van der Waals surface area contributed by atoms with Crippen LogP contribution < -0.4 is 0 Å². The summed E-state index contributed by atoms with van der Waals surface area (Å²) in [4.78, 5) is 23.0. The molecule has 0 radical (unpaired) electrons. The van der Waals surface area contributed by atoms with Crippen molar-refractivity contribution in [3.8, 4) is 0 Å². The van der Waals surface area contributed by atoms with Gasteiger partial charge in [-0.2, -0.15) is 0 Å². The highest BCUT2D eigenvalue weighted by atomic mass is 16.4. The monoisotopic (exact) mass is 196 g/mol. The summed E-state index contributed by atoms with van der Waals surface area (Å²) in [5.74, 6) is -0.722. The Kier molecular flexibility index (Phi) is 2.33. The van der Waals surface area contributed by atoms with Gasteiger partial charge in [-0.1, -0.05) is 12.8 Å². The lowest BCUT2D eigenvalue weighted by molar-refractivity contribution is -0.154. The van der Waals surface area contributed by atoms with Crippen LogP contribution in [0.3, 0.4) is 0 Å². The van der Waals surface area contributed by atoms with Gasteiger partial charge in [-0.15, -0.1) is 0 Å². The van der Waals surface area contributed by atoms with Crippen LogP contribution >= 0.6 is 0 Å². The largest absolute Gasteiger partial charge is 0.481 e. The third kappa shape index (κ3) is 1.26. The smallest absolute Gasteiger partial charge is 0.310 e. The molecule has 2 rings (SSSR count). The van der Waals surface area contributed by atoms with Crippen LogP contribution in [0.25, 0.3) is 0 Å². The molecule has 2 aliphatic rings. The van der Waals surface area contributed by atoms with Crippen LogP contribution in [-0.4, -0.2) is 16.9 Å². The number of hydrogen-bond donors (Lipinski definition) is 1. The molecule has 0 bridgehead atoms. The van der Waals surface area contributed by atoms with E-state index in [9.17, 15) is 14.7 Å².